The number of pyridine rings is 1. The molecule has 0 atom stereocenters. The molecule has 14 rings (SSSR count). The van der Waals surface area contributed by atoms with Crippen LogP contribution < -0.4 is 4.74 Å². The number of hydrogen-bond donors (Lipinski definition) is 4. The normalized spacial score (nSPS) is 14.0. The lowest BCUT2D eigenvalue weighted by atomic mass is 9.97. The molecular formula is C89H73F7N4O17S4. The van der Waals surface area contributed by atoms with Gasteiger partial charge in [-0.1, -0.05) is 73.2 Å². The van der Waals surface area contributed by atoms with Crippen LogP contribution in [-0.4, -0.2) is 94.6 Å². The summed E-state index contributed by atoms with van der Waals surface area (Å²) in [5.41, 5.74) is 5.64. The molecule has 32 heteroatoms. The zero-order chi connectivity index (χ0) is 87.8. The third kappa shape index (κ3) is 21.6. The molecule has 0 bridgehead atoms. The van der Waals surface area contributed by atoms with Gasteiger partial charge in [-0.3, -0.25) is 4.98 Å². The summed E-state index contributed by atoms with van der Waals surface area (Å²) < 4.78 is 206. The Bertz CT molecular complexity index is 6310. The Hall–Kier alpha value is -12.9. The summed E-state index contributed by atoms with van der Waals surface area (Å²) in [5, 5.41) is 55.5. The van der Waals surface area contributed by atoms with Crippen LogP contribution >= 0.6 is 0 Å². The molecule has 8 aromatic carbocycles. The number of allylic oxidation sites excluding steroid dienone is 8. The molecule has 0 radical (unpaired) electrons. The molecule has 0 aliphatic heterocycles. The zero-order valence-corrected chi connectivity index (χ0v) is 67.6. The molecule has 4 aliphatic rings. The van der Waals surface area contributed by atoms with Gasteiger partial charge in [0.05, 0.1) is 101 Å². The van der Waals surface area contributed by atoms with Gasteiger partial charge in [0.1, 0.15) is 16.5 Å². The van der Waals surface area contributed by atoms with Crippen molar-refractivity contribution in [3.05, 3.63) is 325 Å². The number of methoxy groups -OCH3 is 1. The van der Waals surface area contributed by atoms with Gasteiger partial charge in [-0.25, -0.2) is 57.2 Å². The fourth-order valence-corrected chi connectivity index (χ4v) is 20.5. The number of aromatic carboxylic acids is 4. The maximum absolute atomic E-state index is 13.5. The van der Waals surface area contributed by atoms with Crippen molar-refractivity contribution in [2.45, 2.75) is 126 Å². The first-order chi connectivity index (χ1) is 57.1. The number of carboxylic acids is 4. The maximum Gasteiger partial charge on any atom is 0.416 e. The van der Waals surface area contributed by atoms with Gasteiger partial charge >= 0.3 is 36.2 Å². The van der Waals surface area contributed by atoms with Gasteiger partial charge in [0, 0.05) is 42.5 Å². The highest BCUT2D eigenvalue weighted by Gasteiger charge is 2.38. The Balaban J connectivity index is 0.000000158. The standard InChI is InChI=1S/C23H18F3NO4S.C22H18F3NO4S.C22H18FNO4S.C22H19NO5S/c24-23(25,26)18-6-8-19(16-2-1-9-27-12-16)17(10-18)13-32(30,31)21-11-15(22(28)29)5-7-20(21)14-3-4-14;23-22(24,25)17-6-8-19(26-9-1-2-10-26)16(11-17)13-31(29,30)20-12-15(21(27)28)5-7-18(20)14-3-4-14;1-2-15-4-5-17(22(25)26)11-21(15)29(27,28)13-18-9-14(12-24)3-8-20(18)16-6-7-19(23)10-16;1-14-3-5-16(9-14)19-7-4-15(12-23)10-18(19)13-29(26,27)21-11-17(22(24)25)6-8-20(21)28-2/h1-2,5-12,14H,3-4,13H2,(H,28,29);1-2,5-12,14H,3-4,13H2,(H,27,28);3-9,11H,2,10,13H2,1H3,(H,25,26);3-8,10-11H,9,13H2,1-2H3,(H,24,25). The van der Waals surface area contributed by atoms with Crippen molar-refractivity contribution in [2.24, 2.45) is 0 Å². The fraction of sp³-hybridized carbons (Fsp3) is 0.202. The van der Waals surface area contributed by atoms with E-state index in [2.05, 4.69) is 4.98 Å². The second kappa shape index (κ2) is 36.4. The third-order valence-electron chi connectivity index (χ3n) is 20.1. The van der Waals surface area contributed by atoms with E-state index in [9.17, 15) is 115 Å². The SMILES string of the molecule is CCc1ccc(C(=O)O)cc1S(=O)(=O)Cc1cc(C#N)ccc1C1=CC=C(F)C1.COc1ccc(C(=O)O)cc1S(=O)(=O)Cc1cc(C#N)ccc1C1=CC=C(C)C1.O=C(O)c1ccc(C2CC2)c(S(=O)(=O)Cc2cc(C(F)(F)F)ccc2-c2cccnc2)c1.O=C(O)c1ccc(C2CC2)c(S(=O)(=O)Cc2cc(C(F)(F)F)ccc2-n2cccc2)c1. The predicted molar refractivity (Wildman–Crippen MR) is 433 cm³/mol. The van der Waals surface area contributed by atoms with Gasteiger partial charge in [-0.05, 0) is 258 Å². The summed E-state index contributed by atoms with van der Waals surface area (Å²) in [5.74, 6) is -7.42. The summed E-state index contributed by atoms with van der Waals surface area (Å²) in [6.45, 7) is 3.78. The van der Waals surface area contributed by atoms with E-state index in [1.54, 1.807) is 84.6 Å². The summed E-state index contributed by atoms with van der Waals surface area (Å²) in [6.07, 6.45) is 8.05. The van der Waals surface area contributed by atoms with Gasteiger partial charge in [-0.2, -0.15) is 36.9 Å². The molecule has 0 saturated heterocycles. The average molecular weight is 1730 g/mol. The van der Waals surface area contributed by atoms with Crippen LogP contribution in [0.1, 0.15) is 178 Å². The fourth-order valence-electron chi connectivity index (χ4n) is 13.8. The molecule has 2 heterocycles. The van der Waals surface area contributed by atoms with Crippen molar-refractivity contribution < 1.29 is 109 Å². The van der Waals surface area contributed by atoms with E-state index >= 15 is 0 Å². The molecule has 2 saturated carbocycles. The summed E-state index contributed by atoms with van der Waals surface area (Å²) in [6, 6.07) is 41.9. The van der Waals surface area contributed by atoms with Crippen molar-refractivity contribution in [3.8, 4) is 34.7 Å². The van der Waals surface area contributed by atoms with Crippen molar-refractivity contribution in [1.82, 2.24) is 9.55 Å². The first-order valence-corrected chi connectivity index (χ1v) is 43.6. The predicted octanol–water partition coefficient (Wildman–Crippen LogP) is 18.8. The van der Waals surface area contributed by atoms with E-state index in [0.717, 1.165) is 84.9 Å². The van der Waals surface area contributed by atoms with Crippen LogP contribution in [0.25, 0.3) is 28.0 Å². The molecule has 624 valence electrons. The Morgan fingerprint density at radius 3 is 1.33 bits per heavy atom. The van der Waals surface area contributed by atoms with Crippen LogP contribution in [0.2, 0.25) is 0 Å². The molecule has 0 spiro atoms. The van der Waals surface area contributed by atoms with Crippen molar-refractivity contribution in [2.75, 3.05) is 7.11 Å². The van der Waals surface area contributed by atoms with Crippen molar-refractivity contribution >= 4 is 74.4 Å². The van der Waals surface area contributed by atoms with Crippen LogP contribution in [-0.2, 0) is 81.1 Å². The first-order valence-electron chi connectivity index (χ1n) is 37.0. The lowest BCUT2D eigenvalue weighted by molar-refractivity contribution is -0.138. The van der Waals surface area contributed by atoms with E-state index in [1.165, 1.54) is 98.4 Å². The highest BCUT2D eigenvalue weighted by atomic mass is 32.2. The number of hydrogen-bond acceptors (Lipinski definition) is 16. The number of nitriles is 2. The lowest BCUT2D eigenvalue weighted by Crippen LogP contribution is -2.13. The number of nitrogens with zero attached hydrogens (tertiary/aromatic N) is 4. The number of carbonyl (C=O) groups is 4. The molecule has 121 heavy (non-hydrogen) atoms. The number of aromatic nitrogens is 2. The quantitative estimate of drug-likeness (QED) is 0.0408. The van der Waals surface area contributed by atoms with Gasteiger partial charge < -0.3 is 29.7 Å². The molecule has 21 nitrogen and oxygen atoms in total. The van der Waals surface area contributed by atoms with E-state index in [-0.39, 0.29) is 88.5 Å². The number of ether oxygens (including phenoxy) is 1. The van der Waals surface area contributed by atoms with Gasteiger partial charge in [0.15, 0.2) is 39.3 Å². The van der Waals surface area contributed by atoms with E-state index in [4.69, 9.17) is 4.74 Å². The largest absolute Gasteiger partial charge is 0.495 e. The highest BCUT2D eigenvalue weighted by molar-refractivity contribution is 7.91. The van der Waals surface area contributed by atoms with Crippen LogP contribution in [0.5, 0.6) is 5.75 Å². The minimum absolute atomic E-state index is 0.00178. The Kier molecular flexibility index (Phi) is 26.7. The summed E-state index contributed by atoms with van der Waals surface area (Å²) in [7, 11) is -14.8. The molecule has 4 aliphatic carbocycles. The smallest absolute Gasteiger partial charge is 0.416 e. The highest BCUT2D eigenvalue weighted by Crippen LogP contribution is 2.47. The molecule has 4 N–H and O–H groups in total. The molecule has 0 unspecified atom stereocenters. The summed E-state index contributed by atoms with van der Waals surface area (Å²) in [4.78, 5) is 48.8. The maximum atomic E-state index is 13.5. The van der Waals surface area contributed by atoms with E-state index < -0.39 is 104 Å². The topological polar surface area (TPSA) is 360 Å². The number of carboxylic acid groups (broad SMARTS) is 4. The van der Waals surface area contributed by atoms with Crippen molar-refractivity contribution in [1.29, 1.82) is 10.5 Å². The van der Waals surface area contributed by atoms with E-state index in [1.807, 2.05) is 31.2 Å². The third-order valence-corrected chi connectivity index (χ3v) is 27.0. The van der Waals surface area contributed by atoms with Crippen molar-refractivity contribution in [3.63, 3.8) is 0 Å². The van der Waals surface area contributed by atoms with E-state index in [0.29, 0.717) is 79.7 Å². The number of halogens is 7. The number of benzene rings is 8. The number of alkyl halides is 6. The van der Waals surface area contributed by atoms with Gasteiger partial charge in [0.25, 0.3) is 0 Å². The number of aryl methyl sites for hydroxylation is 1. The lowest BCUT2D eigenvalue weighted by Gasteiger charge is -2.16. The first kappa shape index (κ1) is 88.9. The molecule has 10 aromatic rings. The second-order valence-corrected chi connectivity index (χ2v) is 36.6. The Morgan fingerprint density at radius 2 is 0.901 bits per heavy atom. The summed E-state index contributed by atoms with van der Waals surface area (Å²) >= 11 is 0. The molecule has 0 amide bonds. The van der Waals surface area contributed by atoms with Gasteiger partial charge in [0.2, 0.25) is 0 Å². The Morgan fingerprint density at radius 1 is 0.479 bits per heavy atom. The Labute approximate surface area is 691 Å². The van der Waals surface area contributed by atoms with Crippen LogP contribution in [0.4, 0.5) is 30.7 Å². The van der Waals surface area contributed by atoms with Crippen LogP contribution in [0.3, 0.4) is 0 Å². The minimum Gasteiger partial charge on any atom is -0.495 e. The van der Waals surface area contributed by atoms with Gasteiger partial charge in [-0.15, -0.1) is 0 Å². The monoisotopic (exact) mass is 1730 g/mol. The minimum atomic E-state index is -4.64. The molecular weight excluding hydrogens is 1660 g/mol. The van der Waals surface area contributed by atoms with Crippen LogP contribution in [0.15, 0.2) is 250 Å². The number of rotatable bonds is 24. The zero-order valence-electron chi connectivity index (χ0n) is 64.4. The molecule has 2 fully saturated rings. The second-order valence-electron chi connectivity index (χ2n) is 28.7. The molecule has 2 aromatic heterocycles. The van der Waals surface area contributed by atoms with Crippen LogP contribution in [0, 0.1) is 22.7 Å². The number of sulfone groups is 4. The average Bonchev–Trinajstić information content (AvgIpc) is 1.41.